The van der Waals surface area contributed by atoms with Crippen LogP contribution < -0.4 is 10.6 Å². The number of alkyl halides is 5. The average Bonchev–Trinajstić information content (AvgIpc) is 2.35. The summed E-state index contributed by atoms with van der Waals surface area (Å²) in [6, 6.07) is 1.30. The number of nitrogens with zero attached hydrogens (tertiary/aromatic N) is 2. The highest BCUT2D eigenvalue weighted by molar-refractivity contribution is 5.97. The number of aromatic nitrogens is 1. The minimum Gasteiger partial charge on any atom is -0.395 e. The van der Waals surface area contributed by atoms with E-state index in [1.165, 1.54) is 0 Å². The molecule has 0 bridgehead atoms. The van der Waals surface area contributed by atoms with Gasteiger partial charge in [0.25, 0.3) is 12.3 Å². The quantitative estimate of drug-likeness (QED) is 0.775. The number of hydrogen-bond acceptors (Lipinski definition) is 4. The van der Waals surface area contributed by atoms with Gasteiger partial charge in [0.05, 0.1) is 18.7 Å². The Morgan fingerprint density at radius 3 is 2.43 bits per heavy atom. The van der Waals surface area contributed by atoms with Crippen molar-refractivity contribution >= 4 is 11.7 Å². The molecule has 0 saturated heterocycles. The number of rotatable bonds is 6. The van der Waals surface area contributed by atoms with Gasteiger partial charge in [-0.15, -0.1) is 0 Å². The fourth-order valence-corrected chi connectivity index (χ4v) is 1.61. The first kappa shape index (κ1) is 17.1. The Bertz CT molecular complexity index is 507. The van der Waals surface area contributed by atoms with E-state index in [1.54, 1.807) is 0 Å². The van der Waals surface area contributed by atoms with Crippen LogP contribution in [0.4, 0.5) is 27.8 Å². The molecule has 3 N–H and O–H groups in total. The maximum atomic E-state index is 12.6. The lowest BCUT2D eigenvalue weighted by Gasteiger charge is -2.24. The Morgan fingerprint density at radius 1 is 1.38 bits per heavy atom. The number of primary amides is 1. The summed E-state index contributed by atoms with van der Waals surface area (Å²) in [5.74, 6) is -1.74. The molecule has 0 unspecified atom stereocenters. The minimum absolute atomic E-state index is 0.418. The number of aliphatic hydroxyl groups excluding tert-OH is 1. The van der Waals surface area contributed by atoms with Crippen LogP contribution in [0.5, 0.6) is 0 Å². The van der Waals surface area contributed by atoms with Crippen LogP contribution in [0.15, 0.2) is 12.1 Å². The molecule has 0 aliphatic heterocycles. The summed E-state index contributed by atoms with van der Waals surface area (Å²) < 4.78 is 62.8. The number of carbonyl (C=O) groups is 1. The van der Waals surface area contributed by atoms with E-state index in [4.69, 9.17) is 10.8 Å². The van der Waals surface area contributed by atoms with Crippen LogP contribution >= 0.6 is 0 Å². The summed E-state index contributed by atoms with van der Waals surface area (Å²) in [7, 11) is 0. The fraction of sp³-hybridized carbons (Fsp3) is 0.455. The molecule has 5 nitrogen and oxygen atoms in total. The molecule has 118 valence electrons. The van der Waals surface area contributed by atoms with Crippen LogP contribution in [0.3, 0.4) is 0 Å². The zero-order chi connectivity index (χ0) is 16.2. The molecular weight excluding hydrogens is 301 g/mol. The lowest BCUT2D eigenvalue weighted by Crippen LogP contribution is -2.34. The Hall–Kier alpha value is -1.97. The molecule has 21 heavy (non-hydrogen) atoms. The Morgan fingerprint density at radius 2 is 2.00 bits per heavy atom. The van der Waals surface area contributed by atoms with Gasteiger partial charge in [0.2, 0.25) is 0 Å². The molecule has 0 aliphatic carbocycles. The van der Waals surface area contributed by atoms with Crippen molar-refractivity contribution in [3.05, 3.63) is 23.4 Å². The normalized spacial score (nSPS) is 11.8. The minimum atomic E-state index is -4.80. The molecule has 0 aliphatic rings. The Labute approximate surface area is 116 Å². The number of pyridine rings is 1. The van der Waals surface area contributed by atoms with Gasteiger partial charge in [-0.05, 0) is 12.1 Å². The number of amides is 1. The number of anilines is 1. The van der Waals surface area contributed by atoms with Gasteiger partial charge in [-0.1, -0.05) is 0 Å². The number of carbonyl (C=O) groups excluding carboxylic acids is 1. The van der Waals surface area contributed by atoms with Crippen molar-refractivity contribution in [1.29, 1.82) is 0 Å². The van der Waals surface area contributed by atoms with E-state index in [-0.39, 0.29) is 0 Å². The van der Waals surface area contributed by atoms with Crippen molar-refractivity contribution in [2.75, 3.05) is 24.6 Å². The summed E-state index contributed by atoms with van der Waals surface area (Å²) in [6.07, 6.45) is -7.70. The number of halogens is 5. The van der Waals surface area contributed by atoms with E-state index in [1.807, 2.05) is 0 Å². The largest absolute Gasteiger partial charge is 0.433 e. The van der Waals surface area contributed by atoms with Crippen molar-refractivity contribution < 1.29 is 31.9 Å². The SMILES string of the molecule is NC(=O)c1ccc(C(F)(F)F)nc1N(CCO)CC(F)F. The molecule has 1 rings (SSSR count). The molecule has 0 radical (unpaired) electrons. The van der Waals surface area contributed by atoms with Crippen molar-refractivity contribution in [2.45, 2.75) is 12.6 Å². The summed E-state index contributed by atoms with van der Waals surface area (Å²) in [4.78, 5) is 15.1. The first-order valence-electron chi connectivity index (χ1n) is 5.68. The number of aliphatic hydroxyl groups is 1. The predicted octanol–water partition coefficient (Wildman–Crippen LogP) is 1.26. The average molecular weight is 313 g/mol. The highest BCUT2D eigenvalue weighted by Crippen LogP contribution is 2.30. The molecule has 0 saturated carbocycles. The van der Waals surface area contributed by atoms with Gasteiger partial charge < -0.3 is 15.7 Å². The van der Waals surface area contributed by atoms with Crippen LogP contribution in [-0.4, -0.2) is 42.1 Å². The fourth-order valence-electron chi connectivity index (χ4n) is 1.61. The van der Waals surface area contributed by atoms with Crippen molar-refractivity contribution in [3.63, 3.8) is 0 Å². The summed E-state index contributed by atoms with van der Waals surface area (Å²) in [6.45, 7) is -2.02. The van der Waals surface area contributed by atoms with Gasteiger partial charge in [0, 0.05) is 6.54 Å². The molecule has 1 amide bonds. The zero-order valence-electron chi connectivity index (χ0n) is 10.6. The van der Waals surface area contributed by atoms with Crippen molar-refractivity contribution in [3.8, 4) is 0 Å². The molecule has 1 aromatic heterocycles. The zero-order valence-corrected chi connectivity index (χ0v) is 10.6. The van der Waals surface area contributed by atoms with Gasteiger partial charge in [-0.3, -0.25) is 4.79 Å². The van der Waals surface area contributed by atoms with Crippen LogP contribution in [0.1, 0.15) is 16.1 Å². The third-order valence-corrected chi connectivity index (χ3v) is 2.46. The highest BCUT2D eigenvalue weighted by Gasteiger charge is 2.34. The van der Waals surface area contributed by atoms with Gasteiger partial charge in [0.1, 0.15) is 11.5 Å². The van der Waals surface area contributed by atoms with Crippen LogP contribution in [0, 0.1) is 0 Å². The van der Waals surface area contributed by atoms with Gasteiger partial charge in [-0.25, -0.2) is 13.8 Å². The topological polar surface area (TPSA) is 79.5 Å². The second-order valence-electron chi connectivity index (χ2n) is 3.99. The maximum absolute atomic E-state index is 12.6. The van der Waals surface area contributed by atoms with Crippen molar-refractivity contribution in [1.82, 2.24) is 4.98 Å². The van der Waals surface area contributed by atoms with Crippen LogP contribution in [-0.2, 0) is 6.18 Å². The first-order valence-corrected chi connectivity index (χ1v) is 5.68. The standard InChI is InChI=1S/C11H12F5N3O2/c12-8(13)5-19(3-4-20)10-6(9(17)21)1-2-7(18-10)11(14,15)16/h1-2,8,20H,3-5H2,(H2,17,21). The third-order valence-electron chi connectivity index (χ3n) is 2.46. The van der Waals surface area contributed by atoms with Gasteiger partial charge >= 0.3 is 6.18 Å². The van der Waals surface area contributed by atoms with E-state index < -0.39 is 55.3 Å². The molecule has 10 heteroatoms. The smallest absolute Gasteiger partial charge is 0.395 e. The Balaban J connectivity index is 3.35. The molecule has 0 aromatic carbocycles. The predicted molar refractivity (Wildman–Crippen MR) is 63.1 cm³/mol. The van der Waals surface area contributed by atoms with E-state index in [0.717, 1.165) is 6.07 Å². The van der Waals surface area contributed by atoms with Gasteiger partial charge in [0.15, 0.2) is 0 Å². The van der Waals surface area contributed by atoms with Crippen molar-refractivity contribution in [2.24, 2.45) is 5.73 Å². The Kier molecular flexibility index (Phi) is 5.41. The molecular formula is C11H12F5N3O2. The third kappa shape index (κ3) is 4.52. The van der Waals surface area contributed by atoms with Crippen LogP contribution in [0.25, 0.3) is 0 Å². The summed E-state index contributed by atoms with van der Waals surface area (Å²) in [5.41, 5.74) is 3.22. The lowest BCUT2D eigenvalue weighted by atomic mass is 10.2. The maximum Gasteiger partial charge on any atom is 0.433 e. The number of hydrogen-bond donors (Lipinski definition) is 2. The van der Waals surface area contributed by atoms with Gasteiger partial charge in [-0.2, -0.15) is 13.2 Å². The van der Waals surface area contributed by atoms with Crippen LogP contribution in [0.2, 0.25) is 0 Å². The number of nitrogens with two attached hydrogens (primary N) is 1. The molecule has 0 fully saturated rings. The highest BCUT2D eigenvalue weighted by atomic mass is 19.4. The molecule has 0 atom stereocenters. The lowest BCUT2D eigenvalue weighted by molar-refractivity contribution is -0.141. The molecule has 0 spiro atoms. The first-order chi connectivity index (χ1) is 9.66. The molecule has 1 heterocycles. The second-order valence-corrected chi connectivity index (χ2v) is 3.99. The van der Waals surface area contributed by atoms with E-state index in [0.29, 0.717) is 11.0 Å². The van der Waals surface area contributed by atoms with E-state index in [2.05, 4.69) is 4.98 Å². The van der Waals surface area contributed by atoms with E-state index >= 15 is 0 Å². The monoisotopic (exact) mass is 313 g/mol. The summed E-state index contributed by atoms with van der Waals surface area (Å²) in [5, 5.41) is 8.82. The van der Waals surface area contributed by atoms with E-state index in [9.17, 15) is 26.7 Å². The summed E-state index contributed by atoms with van der Waals surface area (Å²) >= 11 is 0. The molecule has 1 aromatic rings. The second kappa shape index (κ2) is 6.66.